The summed E-state index contributed by atoms with van der Waals surface area (Å²) in [6, 6.07) is 10.5. The van der Waals surface area contributed by atoms with E-state index < -0.39 is 15.7 Å². The van der Waals surface area contributed by atoms with Crippen LogP contribution in [0.25, 0.3) is 0 Å². The molecular formula is C21H21FN2O5S2. The minimum atomic E-state index is -3.20. The summed E-state index contributed by atoms with van der Waals surface area (Å²) in [4.78, 5) is 18.7. The summed E-state index contributed by atoms with van der Waals surface area (Å²) < 4.78 is 48.5. The van der Waals surface area contributed by atoms with Crippen LogP contribution in [-0.4, -0.2) is 56.5 Å². The van der Waals surface area contributed by atoms with Crippen molar-refractivity contribution in [2.24, 2.45) is 4.99 Å². The van der Waals surface area contributed by atoms with E-state index in [2.05, 4.69) is 4.99 Å². The van der Waals surface area contributed by atoms with Gasteiger partial charge in [-0.3, -0.25) is 4.79 Å². The first kappa shape index (κ1) is 21.6. The summed E-state index contributed by atoms with van der Waals surface area (Å²) in [6.45, 7) is 0. The van der Waals surface area contributed by atoms with Crippen molar-refractivity contribution in [2.75, 3.05) is 30.6 Å². The summed E-state index contributed by atoms with van der Waals surface area (Å²) in [7, 11) is -0.138. The molecule has 0 bridgehead atoms. The van der Waals surface area contributed by atoms with Gasteiger partial charge in [0.15, 0.2) is 15.0 Å². The summed E-state index contributed by atoms with van der Waals surface area (Å²) >= 11 is 1.28. The number of carbonyl (C=O) groups is 1. The van der Waals surface area contributed by atoms with Gasteiger partial charge < -0.3 is 14.4 Å². The van der Waals surface area contributed by atoms with Crippen LogP contribution in [0.1, 0.15) is 5.56 Å². The second kappa shape index (κ2) is 8.51. The summed E-state index contributed by atoms with van der Waals surface area (Å²) in [5, 5.41) is 0.182. The third-order valence-corrected chi connectivity index (χ3v) is 8.41. The molecule has 2 aromatic rings. The summed E-state index contributed by atoms with van der Waals surface area (Å²) in [6.07, 6.45) is 0.0149. The largest absolute Gasteiger partial charge is 0.497 e. The number of benzene rings is 2. The fourth-order valence-electron chi connectivity index (χ4n) is 3.75. The Morgan fingerprint density at radius 3 is 2.58 bits per heavy atom. The van der Waals surface area contributed by atoms with Gasteiger partial charge in [0.25, 0.3) is 5.91 Å². The fourth-order valence-corrected chi connectivity index (χ4v) is 7.68. The van der Waals surface area contributed by atoms with Gasteiger partial charge in [0.1, 0.15) is 17.3 Å². The molecule has 7 nitrogen and oxygen atoms in total. The van der Waals surface area contributed by atoms with Crippen molar-refractivity contribution < 1.29 is 27.1 Å². The van der Waals surface area contributed by atoms with Gasteiger partial charge >= 0.3 is 0 Å². The molecule has 0 aliphatic carbocycles. The van der Waals surface area contributed by atoms with Gasteiger partial charge in [-0.25, -0.2) is 12.8 Å². The zero-order chi connectivity index (χ0) is 22.2. The Labute approximate surface area is 184 Å². The highest BCUT2D eigenvalue weighted by Crippen LogP contribution is 2.45. The minimum Gasteiger partial charge on any atom is -0.497 e. The van der Waals surface area contributed by atoms with E-state index in [0.717, 1.165) is 0 Å². The van der Waals surface area contributed by atoms with Crippen LogP contribution in [0, 0.1) is 5.82 Å². The third-order valence-electron chi connectivity index (χ3n) is 5.20. The Kier molecular flexibility index (Phi) is 5.94. The molecule has 1 amide bonds. The van der Waals surface area contributed by atoms with Gasteiger partial charge in [0, 0.05) is 11.3 Å². The van der Waals surface area contributed by atoms with Crippen LogP contribution in [0.4, 0.5) is 10.1 Å². The standard InChI is InChI=1S/C21H21FN2O5S2/c1-28-15-7-8-18(29-2)16(10-15)24-17-11-31(26,27)12-19(17)30-21(24)23-20(25)9-13-3-5-14(22)6-4-13/h3-8,10,17,19H,9,11-12H2,1-2H3/t17-,19+/m1/s1. The number of sulfone groups is 1. The predicted octanol–water partition coefficient (Wildman–Crippen LogP) is 2.69. The Morgan fingerprint density at radius 2 is 1.90 bits per heavy atom. The highest BCUT2D eigenvalue weighted by Gasteiger charge is 2.50. The lowest BCUT2D eigenvalue weighted by atomic mass is 10.1. The molecule has 0 unspecified atom stereocenters. The topological polar surface area (TPSA) is 85.3 Å². The molecule has 2 aliphatic heterocycles. The van der Waals surface area contributed by atoms with Crippen molar-refractivity contribution >= 4 is 38.4 Å². The number of halogens is 1. The lowest BCUT2D eigenvalue weighted by molar-refractivity contribution is -0.117. The van der Waals surface area contributed by atoms with Crippen molar-refractivity contribution in [3.8, 4) is 11.5 Å². The van der Waals surface area contributed by atoms with Crippen molar-refractivity contribution in [3.63, 3.8) is 0 Å². The summed E-state index contributed by atoms with van der Waals surface area (Å²) in [5.74, 6) is 0.307. The van der Waals surface area contributed by atoms with Crippen LogP contribution in [0.5, 0.6) is 11.5 Å². The highest BCUT2D eigenvalue weighted by atomic mass is 32.2. The van der Waals surface area contributed by atoms with E-state index in [-0.39, 0.29) is 35.0 Å². The van der Waals surface area contributed by atoms with E-state index >= 15 is 0 Å². The number of hydrogen-bond donors (Lipinski definition) is 0. The van der Waals surface area contributed by atoms with Crippen molar-refractivity contribution in [3.05, 3.63) is 53.8 Å². The molecule has 2 atom stereocenters. The third kappa shape index (κ3) is 4.54. The Morgan fingerprint density at radius 1 is 1.16 bits per heavy atom. The van der Waals surface area contributed by atoms with Crippen molar-refractivity contribution in [1.29, 1.82) is 0 Å². The zero-order valence-electron chi connectivity index (χ0n) is 16.9. The number of rotatable bonds is 5. The van der Waals surface area contributed by atoms with E-state index in [0.29, 0.717) is 27.9 Å². The minimum absolute atomic E-state index is 0.0149. The van der Waals surface area contributed by atoms with Gasteiger partial charge in [-0.05, 0) is 29.8 Å². The van der Waals surface area contributed by atoms with Crippen LogP contribution < -0.4 is 14.4 Å². The number of ether oxygens (including phenoxy) is 2. The number of anilines is 1. The van der Waals surface area contributed by atoms with Gasteiger partial charge in [0.2, 0.25) is 0 Å². The van der Waals surface area contributed by atoms with Crippen molar-refractivity contribution in [2.45, 2.75) is 17.7 Å². The van der Waals surface area contributed by atoms with E-state index in [1.54, 1.807) is 35.2 Å². The molecule has 2 heterocycles. The fraction of sp³-hybridized carbons (Fsp3) is 0.333. The second-order valence-corrected chi connectivity index (χ2v) is 10.7. The van der Waals surface area contributed by atoms with E-state index in [9.17, 15) is 17.6 Å². The molecule has 31 heavy (non-hydrogen) atoms. The zero-order valence-corrected chi connectivity index (χ0v) is 18.6. The van der Waals surface area contributed by atoms with Gasteiger partial charge in [0.05, 0.1) is 43.9 Å². The first-order chi connectivity index (χ1) is 14.8. The quantitative estimate of drug-likeness (QED) is 0.673. The molecule has 0 saturated carbocycles. The molecule has 0 aromatic heterocycles. The number of hydrogen-bond acceptors (Lipinski definition) is 6. The number of aliphatic imine (C=N–C) groups is 1. The Hall–Kier alpha value is -2.59. The molecule has 0 N–H and O–H groups in total. The average molecular weight is 465 g/mol. The molecule has 2 fully saturated rings. The molecule has 2 aliphatic rings. The maximum absolute atomic E-state index is 13.1. The van der Waals surface area contributed by atoms with Gasteiger partial charge in [-0.2, -0.15) is 4.99 Å². The molecule has 10 heteroatoms. The lowest BCUT2D eigenvalue weighted by Crippen LogP contribution is -2.38. The van der Waals surface area contributed by atoms with E-state index in [1.807, 2.05) is 0 Å². The lowest BCUT2D eigenvalue weighted by Gasteiger charge is -2.26. The molecular weight excluding hydrogens is 443 g/mol. The van der Waals surface area contributed by atoms with Crippen molar-refractivity contribution in [1.82, 2.24) is 0 Å². The van der Waals surface area contributed by atoms with Crippen LogP contribution >= 0.6 is 11.8 Å². The number of amidine groups is 1. The monoisotopic (exact) mass is 464 g/mol. The Balaban J connectivity index is 1.70. The molecule has 164 valence electrons. The number of amides is 1. The number of thioether (sulfide) groups is 1. The molecule has 0 spiro atoms. The molecule has 2 saturated heterocycles. The SMILES string of the molecule is COc1ccc(OC)c(N2C(=NC(=O)Cc3ccc(F)cc3)S[C@H]3CS(=O)(=O)C[C@H]32)c1. The van der Waals surface area contributed by atoms with Crippen LogP contribution in [0.15, 0.2) is 47.5 Å². The van der Waals surface area contributed by atoms with Crippen LogP contribution in [0.2, 0.25) is 0 Å². The number of fused-ring (bicyclic) bond motifs is 1. The molecule has 4 rings (SSSR count). The smallest absolute Gasteiger partial charge is 0.252 e. The predicted molar refractivity (Wildman–Crippen MR) is 118 cm³/mol. The second-order valence-electron chi connectivity index (χ2n) is 7.30. The van der Waals surface area contributed by atoms with Crippen LogP contribution in [0.3, 0.4) is 0 Å². The summed E-state index contributed by atoms with van der Waals surface area (Å²) in [5.41, 5.74) is 1.24. The number of nitrogens with zero attached hydrogens (tertiary/aromatic N) is 2. The maximum Gasteiger partial charge on any atom is 0.252 e. The normalized spacial score (nSPS) is 23.1. The molecule has 2 aromatic carbocycles. The maximum atomic E-state index is 13.1. The van der Waals surface area contributed by atoms with Crippen LogP contribution in [-0.2, 0) is 21.1 Å². The molecule has 0 radical (unpaired) electrons. The Bertz CT molecular complexity index is 1130. The van der Waals surface area contributed by atoms with E-state index in [4.69, 9.17) is 9.47 Å². The average Bonchev–Trinajstić information content (AvgIpc) is 3.19. The number of carbonyl (C=O) groups excluding carboxylic acids is 1. The highest BCUT2D eigenvalue weighted by molar-refractivity contribution is 8.16. The van der Waals surface area contributed by atoms with Gasteiger partial charge in [-0.15, -0.1) is 0 Å². The number of methoxy groups -OCH3 is 2. The first-order valence-corrected chi connectivity index (χ1v) is 12.2. The van der Waals surface area contributed by atoms with E-state index in [1.165, 1.54) is 38.1 Å². The first-order valence-electron chi connectivity index (χ1n) is 9.54. The van der Waals surface area contributed by atoms with Gasteiger partial charge in [-0.1, -0.05) is 23.9 Å².